The van der Waals surface area contributed by atoms with E-state index in [1.54, 1.807) is 32.2 Å². The van der Waals surface area contributed by atoms with E-state index in [1.165, 1.54) is 6.07 Å². The van der Waals surface area contributed by atoms with Gasteiger partial charge in [-0.2, -0.15) is 0 Å². The summed E-state index contributed by atoms with van der Waals surface area (Å²) < 4.78 is 13.6. The van der Waals surface area contributed by atoms with Crippen LogP contribution in [-0.2, 0) is 11.3 Å². The third-order valence-electron chi connectivity index (χ3n) is 4.11. The number of benzene rings is 2. The van der Waals surface area contributed by atoms with E-state index in [0.29, 0.717) is 35.3 Å². The molecule has 2 rings (SSSR count). The van der Waals surface area contributed by atoms with Crippen molar-refractivity contribution in [2.45, 2.75) is 26.8 Å². The fourth-order valence-electron chi connectivity index (χ4n) is 2.40. The summed E-state index contributed by atoms with van der Waals surface area (Å²) in [4.78, 5) is 16.2. The van der Waals surface area contributed by atoms with Crippen molar-refractivity contribution in [3.05, 3.63) is 63.9 Å². The SMILES string of the molecule is CN=C(NCCC(=O)Nc1cccc(Cl)c1C)NCc1ccc(C)c(F)c1.I. The number of amides is 1. The van der Waals surface area contributed by atoms with Gasteiger partial charge in [-0.3, -0.25) is 9.79 Å². The zero-order valence-corrected chi connectivity index (χ0v) is 19.2. The number of aliphatic imine (C=N–C) groups is 1. The molecular formula is C20H25ClFIN4O. The number of carbonyl (C=O) groups excluding carboxylic acids is 1. The van der Waals surface area contributed by atoms with E-state index >= 15 is 0 Å². The first-order valence-corrected chi connectivity index (χ1v) is 9.03. The van der Waals surface area contributed by atoms with Gasteiger partial charge in [0.05, 0.1) is 0 Å². The maximum Gasteiger partial charge on any atom is 0.226 e. The second-order valence-corrected chi connectivity index (χ2v) is 6.55. The number of guanidine groups is 1. The Morgan fingerprint density at radius 1 is 1.18 bits per heavy atom. The molecule has 0 aromatic heterocycles. The summed E-state index contributed by atoms with van der Waals surface area (Å²) in [6.45, 7) is 4.43. The van der Waals surface area contributed by atoms with Crippen molar-refractivity contribution in [2.75, 3.05) is 18.9 Å². The van der Waals surface area contributed by atoms with Crippen molar-refractivity contribution in [1.29, 1.82) is 0 Å². The van der Waals surface area contributed by atoms with Crippen LogP contribution in [0.5, 0.6) is 0 Å². The predicted octanol–water partition coefficient (Wildman–Crippen LogP) is 4.41. The summed E-state index contributed by atoms with van der Waals surface area (Å²) in [6, 6.07) is 10.5. The van der Waals surface area contributed by atoms with Gasteiger partial charge < -0.3 is 16.0 Å². The molecule has 5 nitrogen and oxygen atoms in total. The minimum absolute atomic E-state index is 0. The zero-order valence-electron chi connectivity index (χ0n) is 16.1. The average molecular weight is 519 g/mol. The van der Waals surface area contributed by atoms with Gasteiger partial charge in [-0.1, -0.05) is 29.8 Å². The molecule has 0 bridgehead atoms. The molecule has 0 aliphatic carbocycles. The van der Waals surface area contributed by atoms with Crippen LogP contribution in [0.15, 0.2) is 41.4 Å². The molecule has 0 aliphatic heterocycles. The number of aryl methyl sites for hydroxylation is 1. The van der Waals surface area contributed by atoms with Crippen molar-refractivity contribution >= 4 is 53.1 Å². The van der Waals surface area contributed by atoms with Gasteiger partial charge in [-0.15, -0.1) is 24.0 Å². The van der Waals surface area contributed by atoms with Crippen LogP contribution in [0.4, 0.5) is 10.1 Å². The Labute approximate surface area is 187 Å². The minimum atomic E-state index is -0.231. The van der Waals surface area contributed by atoms with E-state index in [2.05, 4.69) is 20.9 Å². The summed E-state index contributed by atoms with van der Waals surface area (Å²) in [5.74, 6) is 0.192. The zero-order chi connectivity index (χ0) is 19.8. The quantitative estimate of drug-likeness (QED) is 0.302. The lowest BCUT2D eigenvalue weighted by Crippen LogP contribution is -2.38. The van der Waals surface area contributed by atoms with Gasteiger partial charge in [0.25, 0.3) is 0 Å². The predicted molar refractivity (Wildman–Crippen MR) is 124 cm³/mol. The highest BCUT2D eigenvalue weighted by Gasteiger charge is 2.07. The van der Waals surface area contributed by atoms with Crippen LogP contribution in [0.2, 0.25) is 5.02 Å². The van der Waals surface area contributed by atoms with Gasteiger partial charge in [0.15, 0.2) is 5.96 Å². The van der Waals surface area contributed by atoms with Gasteiger partial charge in [0.1, 0.15) is 5.82 Å². The summed E-state index contributed by atoms with van der Waals surface area (Å²) >= 11 is 6.05. The Kier molecular flexibility index (Phi) is 10.2. The standard InChI is InChI=1S/C20H24ClFN4O.HI/c1-13-7-8-15(11-17(13)22)12-25-20(23-3)24-10-9-19(27)26-18-6-4-5-16(21)14(18)2;/h4-8,11H,9-10,12H2,1-3H3,(H,26,27)(H2,23,24,25);1H. The fourth-order valence-corrected chi connectivity index (χ4v) is 2.58. The number of nitrogens with one attached hydrogen (secondary N) is 3. The third kappa shape index (κ3) is 7.27. The molecule has 0 radical (unpaired) electrons. The van der Waals surface area contributed by atoms with Gasteiger partial charge in [-0.25, -0.2) is 4.39 Å². The Balaban J connectivity index is 0.00000392. The maximum atomic E-state index is 13.6. The maximum absolute atomic E-state index is 13.6. The lowest BCUT2D eigenvalue weighted by Gasteiger charge is -2.13. The molecule has 28 heavy (non-hydrogen) atoms. The number of carbonyl (C=O) groups is 1. The third-order valence-corrected chi connectivity index (χ3v) is 4.52. The van der Waals surface area contributed by atoms with Crippen molar-refractivity contribution in [3.8, 4) is 0 Å². The summed E-state index contributed by atoms with van der Waals surface area (Å²) in [7, 11) is 1.64. The van der Waals surface area contributed by atoms with E-state index in [1.807, 2.05) is 19.1 Å². The molecule has 0 spiro atoms. The van der Waals surface area contributed by atoms with Gasteiger partial charge in [0.2, 0.25) is 5.91 Å². The second-order valence-electron chi connectivity index (χ2n) is 6.15. The lowest BCUT2D eigenvalue weighted by molar-refractivity contribution is -0.116. The van der Waals surface area contributed by atoms with E-state index < -0.39 is 0 Å². The number of halogens is 3. The lowest BCUT2D eigenvalue weighted by atomic mass is 10.1. The molecule has 3 N–H and O–H groups in total. The van der Waals surface area contributed by atoms with Crippen LogP contribution >= 0.6 is 35.6 Å². The molecule has 1 amide bonds. The van der Waals surface area contributed by atoms with Gasteiger partial charge in [0, 0.05) is 37.3 Å². The largest absolute Gasteiger partial charge is 0.356 e. The number of nitrogens with zero attached hydrogens (tertiary/aromatic N) is 1. The normalized spacial score (nSPS) is 10.8. The average Bonchev–Trinajstić information content (AvgIpc) is 2.64. The van der Waals surface area contributed by atoms with Crippen LogP contribution in [0.3, 0.4) is 0 Å². The molecule has 0 heterocycles. The van der Waals surface area contributed by atoms with Gasteiger partial charge >= 0.3 is 0 Å². The molecule has 0 aliphatic rings. The monoisotopic (exact) mass is 518 g/mol. The molecule has 0 fully saturated rings. The summed E-state index contributed by atoms with van der Waals surface area (Å²) in [6.07, 6.45) is 0.270. The molecule has 0 saturated carbocycles. The molecule has 2 aromatic carbocycles. The minimum Gasteiger partial charge on any atom is -0.356 e. The number of hydrogen-bond donors (Lipinski definition) is 3. The Hall–Kier alpha value is -1.87. The first-order valence-electron chi connectivity index (χ1n) is 8.65. The molecular weight excluding hydrogens is 494 g/mol. The van der Waals surface area contributed by atoms with Crippen LogP contribution < -0.4 is 16.0 Å². The molecule has 152 valence electrons. The number of rotatable bonds is 6. The van der Waals surface area contributed by atoms with E-state index in [4.69, 9.17) is 11.6 Å². The van der Waals surface area contributed by atoms with Crippen molar-refractivity contribution in [1.82, 2.24) is 10.6 Å². The van der Waals surface area contributed by atoms with Crippen molar-refractivity contribution in [2.24, 2.45) is 4.99 Å². The molecule has 2 aromatic rings. The van der Waals surface area contributed by atoms with Gasteiger partial charge in [-0.05, 0) is 48.7 Å². The smallest absolute Gasteiger partial charge is 0.226 e. The first kappa shape index (κ1) is 24.2. The fraction of sp³-hybridized carbons (Fsp3) is 0.300. The Morgan fingerprint density at radius 3 is 2.61 bits per heavy atom. The topological polar surface area (TPSA) is 65.5 Å². The summed E-state index contributed by atoms with van der Waals surface area (Å²) in [5, 5.41) is 9.62. The Morgan fingerprint density at radius 2 is 1.93 bits per heavy atom. The highest BCUT2D eigenvalue weighted by molar-refractivity contribution is 14.0. The van der Waals surface area contributed by atoms with Crippen LogP contribution in [-0.4, -0.2) is 25.5 Å². The first-order chi connectivity index (χ1) is 12.9. The number of anilines is 1. The highest BCUT2D eigenvalue weighted by atomic mass is 127. The number of hydrogen-bond acceptors (Lipinski definition) is 2. The molecule has 0 saturated heterocycles. The van der Waals surface area contributed by atoms with Crippen molar-refractivity contribution in [3.63, 3.8) is 0 Å². The second kappa shape index (κ2) is 11.9. The van der Waals surface area contributed by atoms with E-state index in [0.717, 1.165) is 11.1 Å². The van der Waals surface area contributed by atoms with E-state index in [-0.39, 0.29) is 42.1 Å². The van der Waals surface area contributed by atoms with Crippen molar-refractivity contribution < 1.29 is 9.18 Å². The van der Waals surface area contributed by atoms with Crippen LogP contribution in [0.25, 0.3) is 0 Å². The van der Waals surface area contributed by atoms with Crippen LogP contribution in [0.1, 0.15) is 23.1 Å². The molecule has 0 unspecified atom stereocenters. The molecule has 0 atom stereocenters. The highest BCUT2D eigenvalue weighted by Crippen LogP contribution is 2.22. The Bertz CT molecular complexity index is 845. The van der Waals surface area contributed by atoms with E-state index in [9.17, 15) is 9.18 Å². The van der Waals surface area contributed by atoms with Crippen LogP contribution in [0, 0.1) is 19.7 Å². The summed E-state index contributed by atoms with van der Waals surface area (Å²) in [5.41, 5.74) is 2.97. The molecule has 8 heteroatoms.